The van der Waals surface area contributed by atoms with Crippen molar-refractivity contribution in [1.29, 1.82) is 0 Å². The van der Waals surface area contributed by atoms with E-state index in [1.165, 1.54) is 82.9 Å². The summed E-state index contributed by atoms with van der Waals surface area (Å²) in [7, 11) is 0. The van der Waals surface area contributed by atoms with E-state index in [2.05, 4.69) is 61.4 Å². The van der Waals surface area contributed by atoms with Gasteiger partial charge in [-0.2, -0.15) is 0 Å². The van der Waals surface area contributed by atoms with Gasteiger partial charge >= 0.3 is 0 Å². The first kappa shape index (κ1) is 19.8. The molecule has 1 aromatic rings. The molecule has 23 heavy (non-hydrogen) atoms. The molecule has 0 aromatic heterocycles. The highest BCUT2D eigenvalue weighted by molar-refractivity contribution is 5.48. The molecule has 1 aromatic carbocycles. The molecular weight excluding hydrogens is 278 g/mol. The van der Waals surface area contributed by atoms with E-state index in [1.807, 2.05) is 0 Å². The van der Waals surface area contributed by atoms with Crippen molar-refractivity contribution >= 4 is 6.08 Å². The summed E-state index contributed by atoms with van der Waals surface area (Å²) in [6, 6.07) is 10.7. The van der Waals surface area contributed by atoms with Gasteiger partial charge in [-0.05, 0) is 30.7 Å². The van der Waals surface area contributed by atoms with Crippen LogP contribution < -0.4 is 0 Å². The number of unbranched alkanes of at least 4 members (excludes halogenated alkanes) is 8. The molecule has 0 fully saturated rings. The van der Waals surface area contributed by atoms with Gasteiger partial charge in [0.1, 0.15) is 0 Å². The molecule has 0 radical (unpaired) electrons. The molecule has 0 bridgehead atoms. The average Bonchev–Trinajstić information content (AvgIpc) is 2.59. The standard InChI is InChI=1S/C22H37N/c1-3-5-7-9-14-19-23(20-15-10-8-6-4-2)21-18-22-16-12-11-13-17-22/h11-13,16-18,21H,3-10,14-15,19-20H2,1-2H3. The summed E-state index contributed by atoms with van der Waals surface area (Å²) in [5.74, 6) is 0. The quantitative estimate of drug-likeness (QED) is 0.337. The molecule has 0 atom stereocenters. The maximum absolute atomic E-state index is 2.53. The van der Waals surface area contributed by atoms with E-state index in [0.717, 1.165) is 0 Å². The lowest BCUT2D eigenvalue weighted by molar-refractivity contribution is 0.352. The summed E-state index contributed by atoms with van der Waals surface area (Å²) < 4.78 is 0. The van der Waals surface area contributed by atoms with Gasteiger partial charge in [0.05, 0.1) is 0 Å². The van der Waals surface area contributed by atoms with Crippen LogP contribution in [0.2, 0.25) is 0 Å². The minimum atomic E-state index is 1.21. The number of benzene rings is 1. The fraction of sp³-hybridized carbons (Fsp3) is 0.636. The molecule has 1 rings (SSSR count). The van der Waals surface area contributed by atoms with Crippen LogP contribution in [0.15, 0.2) is 36.5 Å². The highest BCUT2D eigenvalue weighted by Crippen LogP contribution is 2.09. The van der Waals surface area contributed by atoms with E-state index in [1.54, 1.807) is 0 Å². The number of rotatable bonds is 14. The van der Waals surface area contributed by atoms with Gasteiger partial charge in [-0.1, -0.05) is 95.5 Å². The highest BCUT2D eigenvalue weighted by atomic mass is 15.1. The summed E-state index contributed by atoms with van der Waals surface area (Å²) in [5.41, 5.74) is 1.30. The van der Waals surface area contributed by atoms with Crippen molar-refractivity contribution in [3.63, 3.8) is 0 Å². The van der Waals surface area contributed by atoms with Gasteiger partial charge in [0.2, 0.25) is 0 Å². The van der Waals surface area contributed by atoms with Crippen LogP contribution in [0.25, 0.3) is 6.08 Å². The molecule has 0 aliphatic rings. The molecule has 0 heterocycles. The Balaban J connectivity index is 2.35. The average molecular weight is 316 g/mol. The molecule has 0 aliphatic heterocycles. The zero-order chi connectivity index (χ0) is 16.6. The van der Waals surface area contributed by atoms with Gasteiger partial charge in [0.15, 0.2) is 0 Å². The summed E-state index contributed by atoms with van der Waals surface area (Å²) in [6.45, 7) is 6.98. The first-order chi connectivity index (χ1) is 11.4. The molecule has 1 nitrogen and oxygen atoms in total. The fourth-order valence-corrected chi connectivity index (χ4v) is 2.85. The molecule has 0 saturated carbocycles. The van der Waals surface area contributed by atoms with Crippen LogP contribution in [-0.2, 0) is 0 Å². The van der Waals surface area contributed by atoms with Crippen molar-refractivity contribution in [3.05, 3.63) is 42.1 Å². The van der Waals surface area contributed by atoms with Crippen molar-refractivity contribution < 1.29 is 0 Å². The lowest BCUT2D eigenvalue weighted by Gasteiger charge is -2.20. The van der Waals surface area contributed by atoms with Crippen LogP contribution >= 0.6 is 0 Å². The molecule has 0 aliphatic carbocycles. The molecule has 0 unspecified atom stereocenters. The third-order valence-electron chi connectivity index (χ3n) is 4.38. The van der Waals surface area contributed by atoms with E-state index in [-0.39, 0.29) is 0 Å². The SMILES string of the molecule is CCCCCCCN(C=Cc1ccccc1)CCCCCCC. The zero-order valence-corrected chi connectivity index (χ0v) is 15.5. The normalized spacial score (nSPS) is 11.2. The van der Waals surface area contributed by atoms with Gasteiger partial charge in [-0.3, -0.25) is 0 Å². The van der Waals surface area contributed by atoms with E-state index in [9.17, 15) is 0 Å². The monoisotopic (exact) mass is 315 g/mol. The minimum absolute atomic E-state index is 1.21. The summed E-state index contributed by atoms with van der Waals surface area (Å²) in [6.07, 6.45) is 18.2. The summed E-state index contributed by atoms with van der Waals surface area (Å²) in [5, 5.41) is 0. The zero-order valence-electron chi connectivity index (χ0n) is 15.5. The van der Waals surface area contributed by atoms with Crippen molar-refractivity contribution in [2.75, 3.05) is 13.1 Å². The predicted molar refractivity (Wildman–Crippen MR) is 105 cm³/mol. The maximum Gasteiger partial charge on any atom is 0.0172 e. The smallest absolute Gasteiger partial charge is 0.0172 e. The minimum Gasteiger partial charge on any atom is -0.377 e. The van der Waals surface area contributed by atoms with E-state index < -0.39 is 0 Å². The van der Waals surface area contributed by atoms with Crippen molar-refractivity contribution in [3.8, 4) is 0 Å². The molecule has 1 heteroatoms. The van der Waals surface area contributed by atoms with Crippen LogP contribution in [0.1, 0.15) is 83.6 Å². The largest absolute Gasteiger partial charge is 0.377 e. The van der Waals surface area contributed by atoms with Gasteiger partial charge in [0.25, 0.3) is 0 Å². The first-order valence-corrected chi connectivity index (χ1v) is 9.84. The molecule has 0 saturated heterocycles. The Morgan fingerprint density at radius 3 is 1.74 bits per heavy atom. The second-order valence-electron chi connectivity index (χ2n) is 6.59. The van der Waals surface area contributed by atoms with E-state index in [4.69, 9.17) is 0 Å². The van der Waals surface area contributed by atoms with Gasteiger partial charge in [-0.25, -0.2) is 0 Å². The Labute approximate surface area is 144 Å². The third-order valence-corrected chi connectivity index (χ3v) is 4.38. The van der Waals surface area contributed by atoms with E-state index in [0.29, 0.717) is 0 Å². The third kappa shape index (κ3) is 11.0. The van der Waals surface area contributed by atoms with Gasteiger partial charge in [0, 0.05) is 13.1 Å². The van der Waals surface area contributed by atoms with Crippen LogP contribution in [0.5, 0.6) is 0 Å². The lowest BCUT2D eigenvalue weighted by atomic mass is 10.1. The Bertz CT molecular complexity index is 368. The second kappa shape index (κ2) is 14.4. The lowest BCUT2D eigenvalue weighted by Crippen LogP contribution is -2.20. The van der Waals surface area contributed by atoms with Crippen LogP contribution in [0.4, 0.5) is 0 Å². The highest BCUT2D eigenvalue weighted by Gasteiger charge is 2.00. The second-order valence-corrected chi connectivity index (χ2v) is 6.59. The Hall–Kier alpha value is -1.24. The first-order valence-electron chi connectivity index (χ1n) is 9.84. The van der Waals surface area contributed by atoms with Crippen molar-refractivity contribution in [2.45, 2.75) is 78.1 Å². The molecule has 0 spiro atoms. The van der Waals surface area contributed by atoms with Gasteiger partial charge in [-0.15, -0.1) is 0 Å². The van der Waals surface area contributed by atoms with Crippen molar-refractivity contribution in [1.82, 2.24) is 4.90 Å². The molecule has 0 N–H and O–H groups in total. The van der Waals surface area contributed by atoms with Crippen molar-refractivity contribution in [2.24, 2.45) is 0 Å². The predicted octanol–water partition coefficient (Wildman–Crippen LogP) is 6.90. The summed E-state index contributed by atoms with van der Waals surface area (Å²) >= 11 is 0. The molecule has 0 amide bonds. The Morgan fingerprint density at radius 1 is 0.696 bits per heavy atom. The van der Waals surface area contributed by atoms with Crippen LogP contribution in [-0.4, -0.2) is 18.0 Å². The Morgan fingerprint density at radius 2 is 1.22 bits per heavy atom. The molecular formula is C22H37N. The van der Waals surface area contributed by atoms with Crippen LogP contribution in [0, 0.1) is 0 Å². The number of hydrogen-bond acceptors (Lipinski definition) is 1. The number of nitrogens with zero attached hydrogens (tertiary/aromatic N) is 1. The topological polar surface area (TPSA) is 3.24 Å². The summed E-state index contributed by atoms with van der Waals surface area (Å²) in [4.78, 5) is 2.53. The maximum atomic E-state index is 2.53. The fourth-order valence-electron chi connectivity index (χ4n) is 2.85. The number of hydrogen-bond donors (Lipinski definition) is 0. The molecule has 130 valence electrons. The Kier molecular flexibility index (Phi) is 12.4. The van der Waals surface area contributed by atoms with Gasteiger partial charge < -0.3 is 4.90 Å². The van der Waals surface area contributed by atoms with E-state index >= 15 is 0 Å². The van der Waals surface area contributed by atoms with Crippen LogP contribution in [0.3, 0.4) is 0 Å².